The van der Waals surface area contributed by atoms with Crippen LogP contribution in [0.2, 0.25) is 10.0 Å². The molecule has 102 valence electrons. The molecule has 0 amide bonds. The number of nitrogens with zero attached hydrogens (tertiary/aromatic N) is 4. The molecule has 3 aromatic rings. The maximum absolute atomic E-state index is 6.08. The number of halogens is 2. The lowest BCUT2D eigenvalue weighted by molar-refractivity contribution is 0.308. The Morgan fingerprint density at radius 2 is 1.85 bits per heavy atom. The third-order valence-corrected chi connectivity index (χ3v) is 3.29. The summed E-state index contributed by atoms with van der Waals surface area (Å²) in [6.07, 6.45) is 0.327. The van der Waals surface area contributed by atoms with Crippen LogP contribution in [0.4, 0.5) is 5.82 Å². The number of aromatic nitrogens is 4. The zero-order chi connectivity index (χ0) is 14.1. The molecule has 3 rings (SSSR count). The predicted molar refractivity (Wildman–Crippen MR) is 71.3 cm³/mol. The largest absolute Gasteiger partial charge is 0.379 e. The van der Waals surface area contributed by atoms with Crippen molar-refractivity contribution in [2.24, 2.45) is 0 Å². The summed E-state index contributed by atoms with van der Waals surface area (Å²) < 4.78 is 9.52. The molecule has 7 nitrogen and oxygen atoms in total. The molecule has 0 spiro atoms. The highest BCUT2D eigenvalue weighted by atomic mass is 35.5. The molecule has 0 saturated carbocycles. The van der Waals surface area contributed by atoms with Gasteiger partial charge >= 0.3 is 0 Å². The quantitative estimate of drug-likeness (QED) is 0.792. The van der Waals surface area contributed by atoms with E-state index in [9.17, 15) is 0 Å². The van der Waals surface area contributed by atoms with Crippen molar-refractivity contribution < 1.29 is 9.15 Å². The van der Waals surface area contributed by atoms with Crippen molar-refractivity contribution in [2.45, 2.75) is 6.42 Å². The Morgan fingerprint density at radius 1 is 1.10 bits per heavy atom. The Morgan fingerprint density at radius 3 is 2.50 bits per heavy atom. The van der Waals surface area contributed by atoms with E-state index in [-0.39, 0.29) is 17.4 Å². The van der Waals surface area contributed by atoms with Crippen LogP contribution in [0.25, 0.3) is 11.6 Å². The molecule has 1 aromatic carbocycles. The number of rotatable bonds is 3. The Bertz CT molecular complexity index is 735. The molecule has 0 atom stereocenters. The second kappa shape index (κ2) is 5.10. The Kier molecular flexibility index (Phi) is 3.29. The van der Waals surface area contributed by atoms with Crippen molar-refractivity contribution >= 4 is 29.0 Å². The summed E-state index contributed by atoms with van der Waals surface area (Å²) in [6.45, 7) is 0. The van der Waals surface area contributed by atoms with Crippen LogP contribution in [0.3, 0.4) is 0 Å². The van der Waals surface area contributed by atoms with Gasteiger partial charge in [0, 0.05) is 16.5 Å². The summed E-state index contributed by atoms with van der Waals surface area (Å²) in [5.41, 5.74) is 6.47. The minimum atomic E-state index is 0.0796. The molecule has 0 saturated heterocycles. The van der Waals surface area contributed by atoms with Gasteiger partial charge in [-0.25, -0.2) is 4.63 Å². The first-order valence-corrected chi connectivity index (χ1v) is 6.24. The van der Waals surface area contributed by atoms with Gasteiger partial charge in [0.2, 0.25) is 11.5 Å². The zero-order valence-corrected chi connectivity index (χ0v) is 11.4. The molecule has 20 heavy (non-hydrogen) atoms. The van der Waals surface area contributed by atoms with Crippen LogP contribution >= 0.6 is 23.2 Å². The van der Waals surface area contributed by atoms with E-state index in [4.69, 9.17) is 33.5 Å². The van der Waals surface area contributed by atoms with Crippen LogP contribution in [0.5, 0.6) is 0 Å². The van der Waals surface area contributed by atoms with E-state index in [1.165, 1.54) is 0 Å². The lowest BCUT2D eigenvalue weighted by Gasteiger charge is -2.02. The first kappa shape index (κ1) is 12.9. The second-order valence-electron chi connectivity index (χ2n) is 3.89. The van der Waals surface area contributed by atoms with Gasteiger partial charge in [-0.1, -0.05) is 34.4 Å². The standard InChI is InChI=1S/C11H7Cl2N5O2/c12-6-2-1-3-7(13)5(6)4-8-15-11(19-16-8)9-10(14)18-20-17-9/h1-3H,4H2,(H2,14,18). The summed E-state index contributed by atoms with van der Waals surface area (Å²) >= 11 is 12.2. The smallest absolute Gasteiger partial charge is 0.284 e. The minimum absolute atomic E-state index is 0.0796. The maximum atomic E-state index is 6.08. The molecule has 0 aliphatic rings. The summed E-state index contributed by atoms with van der Waals surface area (Å²) in [7, 11) is 0. The highest BCUT2D eigenvalue weighted by molar-refractivity contribution is 6.36. The Hall–Kier alpha value is -2.12. The first-order valence-electron chi connectivity index (χ1n) is 5.49. The highest BCUT2D eigenvalue weighted by Crippen LogP contribution is 2.27. The molecule has 0 bridgehead atoms. The van der Waals surface area contributed by atoms with Gasteiger partial charge in [0.15, 0.2) is 5.82 Å². The highest BCUT2D eigenvalue weighted by Gasteiger charge is 2.18. The van der Waals surface area contributed by atoms with Crippen LogP contribution in [0.15, 0.2) is 27.4 Å². The third kappa shape index (κ3) is 2.33. The average molecular weight is 312 g/mol. The van der Waals surface area contributed by atoms with Crippen molar-refractivity contribution in [1.29, 1.82) is 0 Å². The average Bonchev–Trinajstić information content (AvgIpc) is 3.02. The zero-order valence-electron chi connectivity index (χ0n) is 9.88. The normalized spacial score (nSPS) is 10.9. The molecular formula is C11H7Cl2N5O2. The fraction of sp³-hybridized carbons (Fsp3) is 0.0909. The van der Waals surface area contributed by atoms with E-state index in [2.05, 4.69) is 25.1 Å². The fourth-order valence-corrected chi connectivity index (χ4v) is 2.16. The molecule has 2 N–H and O–H groups in total. The van der Waals surface area contributed by atoms with Crippen molar-refractivity contribution in [1.82, 2.24) is 20.5 Å². The minimum Gasteiger partial charge on any atom is -0.379 e. The molecule has 0 unspecified atom stereocenters. The van der Waals surface area contributed by atoms with Gasteiger partial charge in [-0.05, 0) is 28.0 Å². The van der Waals surface area contributed by atoms with Crippen LogP contribution in [0, 0.1) is 0 Å². The van der Waals surface area contributed by atoms with Gasteiger partial charge in [-0.3, -0.25) is 0 Å². The number of benzene rings is 1. The lowest BCUT2D eigenvalue weighted by Crippen LogP contribution is -1.94. The predicted octanol–water partition coefficient (Wildman–Crippen LogP) is 2.60. The third-order valence-electron chi connectivity index (χ3n) is 2.58. The second-order valence-corrected chi connectivity index (χ2v) is 4.71. The summed E-state index contributed by atoms with van der Waals surface area (Å²) in [5, 5.41) is 11.9. The molecule has 0 aliphatic carbocycles. The number of nitrogen functional groups attached to an aromatic ring is 1. The maximum Gasteiger partial charge on any atom is 0.284 e. The van der Waals surface area contributed by atoms with Gasteiger partial charge in [0.1, 0.15) is 0 Å². The van der Waals surface area contributed by atoms with Crippen molar-refractivity contribution in [2.75, 3.05) is 5.73 Å². The SMILES string of the molecule is Nc1nonc1-c1nc(Cc2c(Cl)cccc2Cl)no1. The fourth-order valence-electron chi connectivity index (χ4n) is 1.63. The van der Waals surface area contributed by atoms with Gasteiger partial charge in [0.05, 0.1) is 0 Å². The monoisotopic (exact) mass is 311 g/mol. The number of hydrogen-bond donors (Lipinski definition) is 1. The van der Waals surface area contributed by atoms with E-state index >= 15 is 0 Å². The first-order chi connectivity index (χ1) is 9.65. The van der Waals surface area contributed by atoms with Gasteiger partial charge in [0.25, 0.3) is 5.89 Å². The molecular weight excluding hydrogens is 305 g/mol. The topological polar surface area (TPSA) is 104 Å². The molecule has 0 fully saturated rings. The van der Waals surface area contributed by atoms with E-state index < -0.39 is 0 Å². The van der Waals surface area contributed by atoms with Crippen LogP contribution < -0.4 is 5.73 Å². The summed E-state index contributed by atoms with van der Waals surface area (Å²) in [5.74, 6) is 0.607. The van der Waals surface area contributed by atoms with Crippen molar-refractivity contribution in [3.05, 3.63) is 39.6 Å². The number of nitrogens with two attached hydrogens (primary N) is 1. The van der Waals surface area contributed by atoms with E-state index in [1.54, 1.807) is 18.2 Å². The summed E-state index contributed by atoms with van der Waals surface area (Å²) in [6, 6.07) is 5.24. The van der Waals surface area contributed by atoms with Crippen LogP contribution in [-0.2, 0) is 6.42 Å². The molecule has 9 heteroatoms. The van der Waals surface area contributed by atoms with Gasteiger partial charge < -0.3 is 10.3 Å². The number of hydrogen-bond acceptors (Lipinski definition) is 7. The Balaban J connectivity index is 1.90. The summed E-state index contributed by atoms with van der Waals surface area (Å²) in [4.78, 5) is 4.15. The van der Waals surface area contributed by atoms with Crippen molar-refractivity contribution in [3.8, 4) is 11.6 Å². The van der Waals surface area contributed by atoms with E-state index in [0.717, 1.165) is 5.56 Å². The van der Waals surface area contributed by atoms with Crippen LogP contribution in [0.1, 0.15) is 11.4 Å². The molecule has 0 radical (unpaired) electrons. The Labute approximate surface area is 122 Å². The van der Waals surface area contributed by atoms with Crippen LogP contribution in [-0.4, -0.2) is 20.5 Å². The molecule has 2 aromatic heterocycles. The lowest BCUT2D eigenvalue weighted by atomic mass is 10.1. The molecule has 2 heterocycles. The number of anilines is 1. The van der Waals surface area contributed by atoms with Gasteiger partial charge in [-0.15, -0.1) is 0 Å². The van der Waals surface area contributed by atoms with Crippen molar-refractivity contribution in [3.63, 3.8) is 0 Å². The van der Waals surface area contributed by atoms with E-state index in [0.29, 0.717) is 22.3 Å². The molecule has 0 aliphatic heterocycles. The van der Waals surface area contributed by atoms with Gasteiger partial charge in [-0.2, -0.15) is 4.98 Å². The van der Waals surface area contributed by atoms with E-state index in [1.807, 2.05) is 0 Å².